The molecule has 1 fully saturated rings. The molecule has 1 aromatic carbocycles. The molecule has 2 amide bonds. The van der Waals surface area contributed by atoms with Crippen LogP contribution >= 0.6 is 0 Å². The smallest absolute Gasteiger partial charge is 0.407 e. The summed E-state index contributed by atoms with van der Waals surface area (Å²) in [5, 5.41) is 2.49. The lowest BCUT2D eigenvalue weighted by Gasteiger charge is -2.26. The summed E-state index contributed by atoms with van der Waals surface area (Å²) >= 11 is 0. The molecule has 0 saturated carbocycles. The summed E-state index contributed by atoms with van der Waals surface area (Å²) in [5.74, 6) is -0.250. The average molecular weight is 443 g/mol. The molecule has 0 aliphatic carbocycles. The second-order valence-electron chi connectivity index (χ2n) is 6.72. The van der Waals surface area contributed by atoms with Gasteiger partial charge in [0.1, 0.15) is 24.8 Å². The van der Waals surface area contributed by atoms with Gasteiger partial charge in [0.2, 0.25) is 5.91 Å². The van der Waals surface area contributed by atoms with Gasteiger partial charge in [-0.2, -0.15) is 0 Å². The van der Waals surface area contributed by atoms with E-state index in [1.807, 2.05) is 20.8 Å². The minimum absolute atomic E-state index is 0.00485. The fraction of sp³-hybridized carbons (Fsp3) is 0.545. The largest absolute Gasteiger partial charge is 0.491 e. The van der Waals surface area contributed by atoms with E-state index < -0.39 is 18.4 Å². The number of likely N-dealkylation sites (tertiary alicyclic amines) is 1. The van der Waals surface area contributed by atoms with Gasteiger partial charge in [-0.15, -0.1) is 0 Å². The van der Waals surface area contributed by atoms with E-state index in [0.29, 0.717) is 12.3 Å². The number of nitrogens with one attached hydrogen (secondary N) is 1. The Bertz CT molecular complexity index is 732. The fourth-order valence-corrected chi connectivity index (χ4v) is 2.88. The van der Waals surface area contributed by atoms with E-state index in [1.54, 1.807) is 6.07 Å². The Balaban J connectivity index is 0.00000233. The maximum absolute atomic E-state index is 13.4. The van der Waals surface area contributed by atoms with Crippen LogP contribution < -0.4 is 10.1 Å². The van der Waals surface area contributed by atoms with Crippen molar-refractivity contribution in [2.75, 3.05) is 46.1 Å². The normalized spacial score (nSPS) is 17.4. The summed E-state index contributed by atoms with van der Waals surface area (Å²) in [6.07, 6.45) is 0.597. The third-order valence-corrected chi connectivity index (χ3v) is 4.51. The Morgan fingerprint density at radius 1 is 1.29 bits per heavy atom. The van der Waals surface area contributed by atoms with Crippen molar-refractivity contribution in [3.8, 4) is 5.75 Å². The third-order valence-electron chi connectivity index (χ3n) is 4.51. The van der Waals surface area contributed by atoms with E-state index >= 15 is 0 Å². The number of halogens is 2. The van der Waals surface area contributed by atoms with Crippen molar-refractivity contribution < 1.29 is 32.6 Å². The number of carbonyl (C=O) groups excluding carboxylic acids is 2. The molecule has 31 heavy (non-hydrogen) atoms. The summed E-state index contributed by atoms with van der Waals surface area (Å²) in [4.78, 5) is 24.9. The van der Waals surface area contributed by atoms with Crippen molar-refractivity contribution in [2.24, 2.45) is 0 Å². The molecular weight excluding hydrogens is 410 g/mol. The molecule has 0 bridgehead atoms. The van der Waals surface area contributed by atoms with Crippen molar-refractivity contribution >= 4 is 12.0 Å². The lowest BCUT2D eigenvalue weighted by Crippen LogP contribution is -2.44. The number of alkyl halides is 1. The highest BCUT2D eigenvalue weighted by Crippen LogP contribution is 2.26. The van der Waals surface area contributed by atoms with Gasteiger partial charge in [-0.25, -0.2) is 13.6 Å². The van der Waals surface area contributed by atoms with Gasteiger partial charge in [0.15, 0.2) is 5.60 Å². The summed E-state index contributed by atoms with van der Waals surface area (Å²) in [6.45, 7) is 9.46. The first-order chi connectivity index (χ1) is 14.9. The Morgan fingerprint density at radius 2 is 2.03 bits per heavy atom. The fourth-order valence-electron chi connectivity index (χ4n) is 2.88. The van der Waals surface area contributed by atoms with Gasteiger partial charge < -0.3 is 24.4 Å². The zero-order valence-electron chi connectivity index (χ0n) is 18.4. The molecule has 174 valence electrons. The van der Waals surface area contributed by atoms with Gasteiger partial charge in [-0.3, -0.25) is 4.79 Å². The molecule has 1 saturated heterocycles. The summed E-state index contributed by atoms with van der Waals surface area (Å²) in [6, 6.07) is 4.29. The minimum atomic E-state index is -1.33. The van der Waals surface area contributed by atoms with Crippen LogP contribution in [0.4, 0.5) is 13.6 Å². The summed E-state index contributed by atoms with van der Waals surface area (Å²) in [7, 11) is 0. The van der Waals surface area contributed by atoms with Crippen LogP contribution in [0.5, 0.6) is 5.75 Å². The van der Waals surface area contributed by atoms with Gasteiger partial charge in [0.25, 0.3) is 0 Å². The number of alkyl carbamates (subject to hydrolysis) is 1. The number of benzene rings is 1. The quantitative estimate of drug-likeness (QED) is 0.444. The number of amides is 2. The SMILES string of the molecule is C=CC(=O)N1CCC(CF)(OC(=O)NCCOCCOc2cc(F)ccc2C)C1.CC. The Kier molecular flexibility index (Phi) is 11.6. The van der Waals surface area contributed by atoms with Crippen LogP contribution in [0.2, 0.25) is 0 Å². The predicted octanol–water partition coefficient (Wildman–Crippen LogP) is 3.41. The van der Waals surface area contributed by atoms with Crippen LogP contribution in [0.15, 0.2) is 30.9 Å². The van der Waals surface area contributed by atoms with Crippen LogP contribution in [0.1, 0.15) is 25.8 Å². The number of hydrogen-bond donors (Lipinski definition) is 1. The van der Waals surface area contributed by atoms with Gasteiger partial charge >= 0.3 is 6.09 Å². The highest BCUT2D eigenvalue weighted by molar-refractivity contribution is 5.87. The number of carbonyl (C=O) groups is 2. The molecule has 0 aromatic heterocycles. The monoisotopic (exact) mass is 442 g/mol. The van der Waals surface area contributed by atoms with Crippen molar-refractivity contribution in [1.29, 1.82) is 0 Å². The van der Waals surface area contributed by atoms with Crippen LogP contribution in [-0.2, 0) is 14.3 Å². The molecule has 0 spiro atoms. The molecule has 1 aliphatic rings. The first-order valence-corrected chi connectivity index (χ1v) is 10.3. The molecule has 1 heterocycles. The number of rotatable bonds is 10. The van der Waals surface area contributed by atoms with E-state index in [2.05, 4.69) is 11.9 Å². The maximum Gasteiger partial charge on any atom is 0.407 e. The van der Waals surface area contributed by atoms with Crippen LogP contribution in [0.25, 0.3) is 0 Å². The molecule has 1 N–H and O–H groups in total. The molecule has 7 nitrogen and oxygen atoms in total. The zero-order chi connectivity index (χ0) is 23.3. The van der Waals surface area contributed by atoms with E-state index in [0.717, 1.165) is 11.6 Å². The predicted molar refractivity (Wildman–Crippen MR) is 113 cm³/mol. The molecule has 1 unspecified atom stereocenters. The Morgan fingerprint density at radius 3 is 2.71 bits per heavy atom. The average Bonchev–Trinajstić information content (AvgIpc) is 3.20. The third kappa shape index (κ3) is 8.53. The molecule has 1 atom stereocenters. The molecule has 9 heteroatoms. The highest BCUT2D eigenvalue weighted by atomic mass is 19.1. The Hall–Kier alpha value is -2.68. The van der Waals surface area contributed by atoms with Gasteiger partial charge in [0, 0.05) is 25.6 Å². The van der Waals surface area contributed by atoms with Crippen molar-refractivity contribution in [1.82, 2.24) is 10.2 Å². The van der Waals surface area contributed by atoms with Crippen molar-refractivity contribution in [3.63, 3.8) is 0 Å². The van der Waals surface area contributed by atoms with Crippen molar-refractivity contribution in [3.05, 3.63) is 42.2 Å². The molecule has 0 radical (unpaired) electrons. The number of nitrogens with zero attached hydrogens (tertiary/aromatic N) is 1. The Labute approximate surface area is 182 Å². The van der Waals surface area contributed by atoms with Crippen LogP contribution in [0.3, 0.4) is 0 Å². The molecule has 2 rings (SSSR count). The van der Waals surface area contributed by atoms with Crippen molar-refractivity contribution in [2.45, 2.75) is 32.8 Å². The van der Waals surface area contributed by atoms with Gasteiger partial charge in [0.05, 0.1) is 19.8 Å². The molecular formula is C22H32F2N2O5. The van der Waals surface area contributed by atoms with Gasteiger partial charge in [-0.1, -0.05) is 26.5 Å². The molecule has 1 aliphatic heterocycles. The zero-order valence-corrected chi connectivity index (χ0v) is 18.4. The van der Waals surface area contributed by atoms with E-state index in [4.69, 9.17) is 14.2 Å². The highest BCUT2D eigenvalue weighted by Gasteiger charge is 2.43. The lowest BCUT2D eigenvalue weighted by atomic mass is 10.1. The number of ether oxygens (including phenoxy) is 3. The van der Waals surface area contributed by atoms with Crippen LogP contribution in [0, 0.1) is 12.7 Å². The van der Waals surface area contributed by atoms with E-state index in [1.165, 1.54) is 17.0 Å². The lowest BCUT2D eigenvalue weighted by molar-refractivity contribution is -0.126. The van der Waals surface area contributed by atoms with Gasteiger partial charge in [-0.05, 0) is 24.6 Å². The standard InChI is InChI=1S/C20H26F2N2O5.C2H6/c1-3-18(25)24-8-6-20(13-21,14-24)29-19(26)23-7-9-27-10-11-28-17-12-16(22)5-4-15(17)2;1-2/h3-5,12H,1,6-11,13-14H2,2H3,(H,23,26);1-2H3. The summed E-state index contributed by atoms with van der Waals surface area (Å²) in [5.41, 5.74) is -0.516. The number of aryl methyl sites for hydroxylation is 1. The first kappa shape index (κ1) is 26.4. The van der Waals surface area contributed by atoms with E-state index in [9.17, 15) is 18.4 Å². The number of hydrogen-bond acceptors (Lipinski definition) is 5. The topological polar surface area (TPSA) is 77.1 Å². The summed E-state index contributed by atoms with van der Waals surface area (Å²) < 4.78 is 42.6. The first-order valence-electron chi connectivity index (χ1n) is 10.3. The second kappa shape index (κ2) is 13.6. The second-order valence-corrected chi connectivity index (χ2v) is 6.72. The molecule has 1 aromatic rings. The van der Waals surface area contributed by atoms with E-state index in [-0.39, 0.29) is 51.1 Å². The van der Waals surface area contributed by atoms with Crippen LogP contribution in [-0.4, -0.2) is 68.6 Å². The minimum Gasteiger partial charge on any atom is -0.491 e. The maximum atomic E-state index is 13.4.